The molecule has 0 aromatic carbocycles. The van der Waals surface area contributed by atoms with Crippen molar-refractivity contribution < 1.29 is 9.53 Å². The normalized spacial score (nSPS) is 9.76. The first-order chi connectivity index (χ1) is 8.06. The maximum absolute atomic E-state index is 11.4. The first-order valence-electron chi connectivity index (χ1n) is 5.16. The molecule has 1 aromatic rings. The summed E-state index contributed by atoms with van der Waals surface area (Å²) in [6.07, 6.45) is 3.23. The van der Waals surface area contributed by atoms with Gasteiger partial charge in [-0.1, -0.05) is 12.2 Å². The number of hydrogen-bond acceptors (Lipinski definition) is 5. The Balaban J connectivity index is 2.85. The largest absolute Gasteiger partial charge is 0.465 e. The van der Waals surface area contributed by atoms with Crippen LogP contribution in [0.4, 0.5) is 5.69 Å². The number of nitrogens with zero attached hydrogens (tertiary/aromatic N) is 2. The molecule has 5 nitrogen and oxygen atoms in total. The van der Waals surface area contributed by atoms with E-state index in [0.717, 1.165) is 0 Å². The third kappa shape index (κ3) is 3.67. The zero-order valence-electron chi connectivity index (χ0n) is 9.84. The van der Waals surface area contributed by atoms with E-state index in [-0.39, 0.29) is 17.5 Å². The maximum Gasteiger partial charge on any atom is 0.325 e. The third-order valence-electron chi connectivity index (χ3n) is 2.15. The van der Waals surface area contributed by atoms with Crippen molar-refractivity contribution in [3.8, 4) is 0 Å². The Morgan fingerprint density at radius 3 is 2.94 bits per heavy atom. The van der Waals surface area contributed by atoms with Gasteiger partial charge in [-0.3, -0.25) is 9.78 Å². The highest BCUT2D eigenvalue weighted by Gasteiger charge is 2.13. The molecule has 1 rings (SSSR count). The van der Waals surface area contributed by atoms with Gasteiger partial charge in [-0.05, 0) is 13.0 Å². The summed E-state index contributed by atoms with van der Waals surface area (Å²) in [6, 6.07) is 1.72. The summed E-state index contributed by atoms with van der Waals surface area (Å²) >= 11 is 4.94. The number of carbonyl (C=O) groups is 1. The molecule has 1 heterocycles. The fourth-order valence-corrected chi connectivity index (χ4v) is 1.56. The number of rotatable bonds is 5. The van der Waals surface area contributed by atoms with Crippen LogP contribution in [0.25, 0.3) is 0 Å². The lowest BCUT2D eigenvalue weighted by Crippen LogP contribution is -2.29. The number of carbonyl (C=O) groups excluding carboxylic acids is 1. The van der Waals surface area contributed by atoms with Crippen LogP contribution in [0.2, 0.25) is 0 Å². The molecule has 0 saturated carbocycles. The Morgan fingerprint density at radius 2 is 2.35 bits per heavy atom. The summed E-state index contributed by atoms with van der Waals surface area (Å²) in [5, 5.41) is 0. The van der Waals surface area contributed by atoms with Crippen LogP contribution in [0, 0.1) is 0 Å². The van der Waals surface area contributed by atoms with Crippen LogP contribution in [0.15, 0.2) is 18.5 Å². The number of nitrogens with two attached hydrogens (primary N) is 1. The SMILES string of the molecule is CCOC(=O)CN(C)c1cnccc1C(N)=S. The van der Waals surface area contributed by atoms with Gasteiger partial charge < -0.3 is 15.4 Å². The number of pyridine rings is 1. The molecular weight excluding hydrogens is 238 g/mol. The van der Waals surface area contributed by atoms with E-state index in [1.165, 1.54) is 0 Å². The lowest BCUT2D eigenvalue weighted by atomic mass is 10.2. The number of esters is 1. The first-order valence-corrected chi connectivity index (χ1v) is 5.57. The van der Waals surface area contributed by atoms with E-state index < -0.39 is 0 Å². The molecule has 0 aliphatic heterocycles. The zero-order valence-corrected chi connectivity index (χ0v) is 10.7. The molecule has 0 bridgehead atoms. The summed E-state index contributed by atoms with van der Waals surface area (Å²) in [5.74, 6) is -0.298. The van der Waals surface area contributed by atoms with E-state index in [1.807, 2.05) is 0 Å². The molecule has 0 aliphatic carbocycles. The van der Waals surface area contributed by atoms with Crippen molar-refractivity contribution in [1.29, 1.82) is 0 Å². The number of hydrogen-bond donors (Lipinski definition) is 1. The first kappa shape index (κ1) is 13.4. The summed E-state index contributed by atoms with van der Waals surface area (Å²) in [7, 11) is 1.76. The van der Waals surface area contributed by atoms with Gasteiger partial charge in [-0.2, -0.15) is 0 Å². The minimum Gasteiger partial charge on any atom is -0.465 e. The topological polar surface area (TPSA) is 68.5 Å². The van der Waals surface area contributed by atoms with Crippen molar-refractivity contribution in [3.63, 3.8) is 0 Å². The smallest absolute Gasteiger partial charge is 0.325 e. The van der Waals surface area contributed by atoms with Crippen molar-refractivity contribution >= 4 is 28.9 Å². The number of likely N-dealkylation sites (N-methyl/N-ethyl adjacent to an activating group) is 1. The molecule has 0 aliphatic rings. The van der Waals surface area contributed by atoms with Crippen molar-refractivity contribution in [2.75, 3.05) is 25.1 Å². The summed E-state index contributed by atoms with van der Waals surface area (Å²) < 4.78 is 4.87. The molecule has 2 N–H and O–H groups in total. The fourth-order valence-electron chi connectivity index (χ4n) is 1.38. The van der Waals surface area contributed by atoms with Gasteiger partial charge in [-0.25, -0.2) is 0 Å². The molecule has 0 atom stereocenters. The molecular formula is C11H15N3O2S. The number of aromatic nitrogens is 1. The van der Waals surface area contributed by atoms with Crippen molar-refractivity contribution in [2.45, 2.75) is 6.92 Å². The van der Waals surface area contributed by atoms with Crippen LogP contribution in [-0.4, -0.2) is 36.1 Å². The van der Waals surface area contributed by atoms with Gasteiger partial charge in [0.15, 0.2) is 0 Å². The van der Waals surface area contributed by atoms with Crippen molar-refractivity contribution in [1.82, 2.24) is 4.98 Å². The molecule has 1 aromatic heterocycles. The van der Waals surface area contributed by atoms with Gasteiger partial charge >= 0.3 is 5.97 Å². The van der Waals surface area contributed by atoms with Gasteiger partial charge in [0, 0.05) is 18.8 Å². The van der Waals surface area contributed by atoms with Gasteiger partial charge in [0.2, 0.25) is 0 Å². The highest BCUT2D eigenvalue weighted by atomic mass is 32.1. The molecule has 0 radical (unpaired) electrons. The standard InChI is InChI=1S/C11H15N3O2S/c1-3-16-10(15)7-14(2)9-6-13-5-4-8(9)11(12)17/h4-6H,3,7H2,1-2H3,(H2,12,17). The molecule has 0 fully saturated rings. The van der Waals surface area contributed by atoms with Crippen LogP contribution in [0.3, 0.4) is 0 Å². The average molecular weight is 253 g/mol. The lowest BCUT2D eigenvalue weighted by Gasteiger charge is -2.20. The van der Waals surface area contributed by atoms with E-state index in [1.54, 1.807) is 37.3 Å². The summed E-state index contributed by atoms with van der Waals surface area (Å²) in [5.41, 5.74) is 7.01. The van der Waals surface area contributed by atoms with Crippen LogP contribution in [0.1, 0.15) is 12.5 Å². The molecule has 0 spiro atoms. The quantitative estimate of drug-likeness (QED) is 0.616. The van der Waals surface area contributed by atoms with Gasteiger partial charge in [-0.15, -0.1) is 0 Å². The second-order valence-electron chi connectivity index (χ2n) is 3.42. The predicted molar refractivity (Wildman–Crippen MR) is 70.0 cm³/mol. The average Bonchev–Trinajstić information content (AvgIpc) is 2.29. The highest BCUT2D eigenvalue weighted by Crippen LogP contribution is 2.17. The van der Waals surface area contributed by atoms with E-state index in [2.05, 4.69) is 4.98 Å². The van der Waals surface area contributed by atoms with Crippen LogP contribution in [-0.2, 0) is 9.53 Å². The minimum atomic E-state index is -0.298. The molecule has 0 unspecified atom stereocenters. The highest BCUT2D eigenvalue weighted by molar-refractivity contribution is 7.80. The molecule has 17 heavy (non-hydrogen) atoms. The summed E-state index contributed by atoms with van der Waals surface area (Å²) in [4.78, 5) is 17.3. The van der Waals surface area contributed by atoms with E-state index >= 15 is 0 Å². The lowest BCUT2D eigenvalue weighted by molar-refractivity contribution is -0.141. The molecule has 0 saturated heterocycles. The number of ether oxygens (including phenoxy) is 1. The third-order valence-corrected chi connectivity index (χ3v) is 2.37. The van der Waals surface area contributed by atoms with Gasteiger partial charge in [0.05, 0.1) is 18.5 Å². The Bertz CT molecular complexity index is 423. The Labute approximate surface area is 106 Å². The predicted octanol–water partition coefficient (Wildman–Crippen LogP) is 0.715. The van der Waals surface area contributed by atoms with Crippen LogP contribution >= 0.6 is 12.2 Å². The molecule has 6 heteroatoms. The zero-order chi connectivity index (χ0) is 12.8. The Hall–Kier alpha value is -1.69. The number of anilines is 1. The van der Waals surface area contributed by atoms with Crippen LogP contribution < -0.4 is 10.6 Å². The maximum atomic E-state index is 11.4. The van der Waals surface area contributed by atoms with Gasteiger partial charge in [0.25, 0.3) is 0 Å². The van der Waals surface area contributed by atoms with E-state index in [0.29, 0.717) is 17.9 Å². The van der Waals surface area contributed by atoms with Crippen molar-refractivity contribution in [3.05, 3.63) is 24.0 Å². The molecule has 0 amide bonds. The summed E-state index contributed by atoms with van der Waals surface area (Å²) in [6.45, 7) is 2.26. The Kier molecular flexibility index (Phi) is 4.84. The Morgan fingerprint density at radius 1 is 1.65 bits per heavy atom. The fraction of sp³-hybridized carbons (Fsp3) is 0.364. The monoisotopic (exact) mass is 253 g/mol. The van der Waals surface area contributed by atoms with E-state index in [9.17, 15) is 4.79 Å². The number of thiocarbonyl (C=S) groups is 1. The van der Waals surface area contributed by atoms with Crippen molar-refractivity contribution in [2.24, 2.45) is 5.73 Å². The molecule has 92 valence electrons. The second-order valence-corrected chi connectivity index (χ2v) is 3.86. The van der Waals surface area contributed by atoms with E-state index in [4.69, 9.17) is 22.7 Å². The van der Waals surface area contributed by atoms with Gasteiger partial charge in [0.1, 0.15) is 11.5 Å². The second kappa shape index (κ2) is 6.15. The van der Waals surface area contributed by atoms with Crippen LogP contribution in [0.5, 0.6) is 0 Å². The minimum absolute atomic E-state index is 0.134.